The maximum Gasteiger partial charge on any atom is 0.338 e. The van der Waals surface area contributed by atoms with Gasteiger partial charge in [-0.3, -0.25) is 0 Å². The lowest BCUT2D eigenvalue weighted by molar-refractivity contribution is 0.0535. The smallest absolute Gasteiger partial charge is 0.338 e. The van der Waals surface area contributed by atoms with E-state index in [1.54, 1.807) is 18.2 Å². The molecule has 0 amide bonds. The predicted octanol–water partition coefficient (Wildman–Crippen LogP) is 1.34. The molecular weight excluding hydrogens is 152 g/mol. The molecule has 0 radical (unpaired) electrons. The van der Waals surface area contributed by atoms with Gasteiger partial charge in [-0.1, -0.05) is 5.92 Å². The molecule has 2 nitrogen and oxygen atoms in total. The van der Waals surface area contributed by atoms with Crippen molar-refractivity contribution in [2.75, 3.05) is 0 Å². The van der Waals surface area contributed by atoms with Crippen LogP contribution < -0.4 is 0 Å². The summed E-state index contributed by atoms with van der Waals surface area (Å²) in [7, 11) is 0. The van der Waals surface area contributed by atoms with Crippen molar-refractivity contribution < 1.29 is 9.53 Å². The highest BCUT2D eigenvalue weighted by atomic mass is 16.5. The largest absolute Gasteiger partial charge is 0.457 e. The third-order valence-electron chi connectivity index (χ3n) is 1.85. The minimum atomic E-state index is -0.256. The topological polar surface area (TPSA) is 26.3 Å². The molecule has 1 aliphatic heterocycles. The van der Waals surface area contributed by atoms with Crippen LogP contribution in [0.1, 0.15) is 21.5 Å². The molecule has 0 bridgehead atoms. The first-order valence-electron chi connectivity index (χ1n) is 3.58. The number of esters is 1. The van der Waals surface area contributed by atoms with Gasteiger partial charge >= 0.3 is 5.97 Å². The van der Waals surface area contributed by atoms with Gasteiger partial charge in [0.2, 0.25) is 0 Å². The number of cyclic esters (lactones) is 1. The van der Waals surface area contributed by atoms with Gasteiger partial charge in [-0.05, 0) is 18.2 Å². The Balaban J connectivity index is 2.57. The minimum Gasteiger partial charge on any atom is -0.457 e. The second-order valence-corrected chi connectivity index (χ2v) is 2.59. The molecule has 2 rings (SSSR count). The molecular formula is C10H6O2. The lowest BCUT2D eigenvalue weighted by Gasteiger charge is -1.93. The molecule has 0 fully saturated rings. The van der Waals surface area contributed by atoms with Crippen LogP contribution in [-0.4, -0.2) is 5.97 Å². The van der Waals surface area contributed by atoms with Crippen LogP contribution in [0.25, 0.3) is 0 Å². The summed E-state index contributed by atoms with van der Waals surface area (Å²) >= 11 is 0. The first-order chi connectivity index (χ1) is 5.81. The second kappa shape index (κ2) is 2.38. The van der Waals surface area contributed by atoms with Crippen LogP contribution in [0, 0.1) is 12.3 Å². The van der Waals surface area contributed by atoms with E-state index in [4.69, 9.17) is 11.2 Å². The molecule has 0 aliphatic carbocycles. The standard InChI is InChI=1S/C10H6O2/c1-2-7-3-4-9-8(5-7)6-12-10(9)11/h1,3-5H,6H2. The van der Waals surface area contributed by atoms with Crippen LogP contribution in [0.5, 0.6) is 0 Å². The zero-order valence-electron chi connectivity index (χ0n) is 6.33. The molecule has 2 heteroatoms. The quantitative estimate of drug-likeness (QED) is 0.420. The van der Waals surface area contributed by atoms with E-state index in [2.05, 4.69) is 5.92 Å². The summed E-state index contributed by atoms with van der Waals surface area (Å²) in [4.78, 5) is 11.0. The van der Waals surface area contributed by atoms with Gasteiger partial charge in [0.25, 0.3) is 0 Å². The average molecular weight is 158 g/mol. The summed E-state index contributed by atoms with van der Waals surface area (Å²) in [5.74, 6) is 2.25. The van der Waals surface area contributed by atoms with Crippen molar-refractivity contribution in [2.45, 2.75) is 6.61 Å². The summed E-state index contributed by atoms with van der Waals surface area (Å²) in [6, 6.07) is 5.26. The van der Waals surface area contributed by atoms with Crippen LogP contribution in [0.3, 0.4) is 0 Å². The molecule has 1 aromatic carbocycles. The normalized spacial score (nSPS) is 13.4. The monoisotopic (exact) mass is 158 g/mol. The van der Waals surface area contributed by atoms with Crippen molar-refractivity contribution >= 4 is 5.97 Å². The summed E-state index contributed by atoms with van der Waals surface area (Å²) < 4.78 is 4.82. The number of carbonyl (C=O) groups excluding carboxylic acids is 1. The Bertz CT molecular complexity index is 385. The van der Waals surface area contributed by atoms with Gasteiger partial charge < -0.3 is 4.74 Å². The zero-order valence-corrected chi connectivity index (χ0v) is 6.33. The number of hydrogen-bond donors (Lipinski definition) is 0. The lowest BCUT2D eigenvalue weighted by atomic mass is 10.1. The summed E-state index contributed by atoms with van der Waals surface area (Å²) in [5.41, 5.74) is 2.30. The number of fused-ring (bicyclic) bond motifs is 1. The van der Waals surface area contributed by atoms with E-state index in [0.29, 0.717) is 12.2 Å². The molecule has 0 unspecified atom stereocenters. The van der Waals surface area contributed by atoms with Gasteiger partial charge in [0, 0.05) is 11.1 Å². The molecule has 12 heavy (non-hydrogen) atoms. The number of benzene rings is 1. The molecule has 0 spiro atoms. The number of hydrogen-bond acceptors (Lipinski definition) is 2. The SMILES string of the molecule is C#Cc1ccc2c(c1)COC2=O. The fourth-order valence-corrected chi connectivity index (χ4v) is 1.22. The first-order valence-corrected chi connectivity index (χ1v) is 3.58. The van der Waals surface area contributed by atoms with Crippen LogP contribution in [-0.2, 0) is 11.3 Å². The van der Waals surface area contributed by atoms with Crippen molar-refractivity contribution in [3.05, 3.63) is 34.9 Å². The lowest BCUT2D eigenvalue weighted by Crippen LogP contribution is -1.92. The number of ether oxygens (including phenoxy) is 1. The molecule has 1 aromatic rings. The van der Waals surface area contributed by atoms with Gasteiger partial charge in [-0.2, -0.15) is 0 Å². The van der Waals surface area contributed by atoms with Gasteiger partial charge in [0.05, 0.1) is 5.56 Å². The van der Waals surface area contributed by atoms with Gasteiger partial charge in [0.15, 0.2) is 0 Å². The molecule has 1 aliphatic rings. The Morgan fingerprint density at radius 3 is 3.08 bits per heavy atom. The minimum absolute atomic E-state index is 0.256. The fraction of sp³-hybridized carbons (Fsp3) is 0.100. The third kappa shape index (κ3) is 0.876. The highest BCUT2D eigenvalue weighted by Crippen LogP contribution is 2.20. The van der Waals surface area contributed by atoms with Crippen LogP contribution >= 0.6 is 0 Å². The van der Waals surface area contributed by atoms with E-state index in [9.17, 15) is 4.79 Å². The van der Waals surface area contributed by atoms with Crippen molar-refractivity contribution in [2.24, 2.45) is 0 Å². The Morgan fingerprint density at radius 1 is 1.50 bits per heavy atom. The Labute approximate surface area is 70.2 Å². The predicted molar refractivity (Wildman–Crippen MR) is 43.5 cm³/mol. The van der Waals surface area contributed by atoms with E-state index in [1.165, 1.54) is 0 Å². The van der Waals surface area contributed by atoms with Crippen molar-refractivity contribution in [3.63, 3.8) is 0 Å². The average Bonchev–Trinajstić information content (AvgIpc) is 2.47. The molecule has 58 valence electrons. The maximum absolute atomic E-state index is 11.0. The molecule has 0 saturated carbocycles. The summed E-state index contributed by atoms with van der Waals surface area (Å²) in [5, 5.41) is 0. The van der Waals surface area contributed by atoms with E-state index in [0.717, 1.165) is 11.1 Å². The fourth-order valence-electron chi connectivity index (χ4n) is 1.22. The van der Waals surface area contributed by atoms with Crippen LogP contribution in [0.2, 0.25) is 0 Å². The molecule has 0 saturated heterocycles. The molecule has 1 heterocycles. The molecule has 0 atom stereocenters. The van der Waals surface area contributed by atoms with E-state index < -0.39 is 0 Å². The van der Waals surface area contributed by atoms with E-state index in [-0.39, 0.29) is 5.97 Å². The molecule has 0 N–H and O–H groups in total. The number of rotatable bonds is 0. The number of carbonyl (C=O) groups is 1. The maximum atomic E-state index is 11.0. The van der Waals surface area contributed by atoms with Crippen molar-refractivity contribution in [3.8, 4) is 12.3 Å². The second-order valence-electron chi connectivity index (χ2n) is 2.59. The van der Waals surface area contributed by atoms with Crippen molar-refractivity contribution in [1.29, 1.82) is 0 Å². The Kier molecular flexibility index (Phi) is 1.38. The van der Waals surface area contributed by atoms with Gasteiger partial charge in [0.1, 0.15) is 6.61 Å². The van der Waals surface area contributed by atoms with E-state index in [1.807, 2.05) is 0 Å². The highest BCUT2D eigenvalue weighted by molar-refractivity contribution is 5.93. The summed E-state index contributed by atoms with van der Waals surface area (Å²) in [6.45, 7) is 0.351. The molecule has 0 aromatic heterocycles. The first kappa shape index (κ1) is 6.93. The zero-order chi connectivity index (χ0) is 8.55. The number of terminal acetylenes is 1. The summed E-state index contributed by atoms with van der Waals surface area (Å²) in [6.07, 6.45) is 5.20. The van der Waals surface area contributed by atoms with E-state index >= 15 is 0 Å². The Hall–Kier alpha value is -1.75. The third-order valence-corrected chi connectivity index (χ3v) is 1.85. The van der Waals surface area contributed by atoms with Gasteiger partial charge in [-0.15, -0.1) is 6.42 Å². The highest BCUT2D eigenvalue weighted by Gasteiger charge is 2.20. The Morgan fingerprint density at radius 2 is 2.33 bits per heavy atom. The van der Waals surface area contributed by atoms with Gasteiger partial charge in [-0.25, -0.2) is 4.79 Å². The van der Waals surface area contributed by atoms with Crippen LogP contribution in [0.15, 0.2) is 18.2 Å². The van der Waals surface area contributed by atoms with Crippen molar-refractivity contribution in [1.82, 2.24) is 0 Å². The van der Waals surface area contributed by atoms with Crippen LogP contribution in [0.4, 0.5) is 0 Å².